The van der Waals surface area contributed by atoms with Crippen LogP contribution >= 0.6 is 0 Å². The average molecular weight is 353 g/mol. The van der Waals surface area contributed by atoms with Crippen LogP contribution in [0.1, 0.15) is 13.8 Å². The van der Waals surface area contributed by atoms with E-state index in [2.05, 4.69) is 74.0 Å². The smallest absolute Gasteiger partial charge is 0.304 e. The van der Waals surface area contributed by atoms with Crippen LogP contribution in [0, 0.1) is 0 Å². The number of nitrogens with one attached hydrogen (secondary N) is 1. The number of tetrazole rings is 1. The summed E-state index contributed by atoms with van der Waals surface area (Å²) in [5.74, 6) is -0.662. The summed E-state index contributed by atoms with van der Waals surface area (Å²) >= 11 is 0. The van der Waals surface area contributed by atoms with Crippen molar-refractivity contribution < 1.29 is 14.3 Å². The second-order valence-corrected chi connectivity index (χ2v) is 5.16. The molecule has 0 radical (unpaired) electrons. The molecular weight excluding hydrogens is 334 g/mol. The number of benzene rings is 2. The number of carbonyl (C=O) groups is 2. The van der Waals surface area contributed by atoms with E-state index in [1.54, 1.807) is 0 Å². The van der Waals surface area contributed by atoms with Gasteiger partial charge in [0.15, 0.2) is 0 Å². The Morgan fingerprint density at radius 2 is 1.50 bits per heavy atom. The molecular formula is C18H19N5O3. The molecule has 8 heteroatoms. The van der Waals surface area contributed by atoms with E-state index in [0.29, 0.717) is 0 Å². The number of nitrogens with zero attached hydrogens (tertiary/aromatic N) is 4. The summed E-state index contributed by atoms with van der Waals surface area (Å²) in [6.07, 6.45) is 0. The van der Waals surface area contributed by atoms with E-state index in [1.165, 1.54) is 25.0 Å². The van der Waals surface area contributed by atoms with Crippen molar-refractivity contribution in [3.8, 4) is 11.1 Å². The van der Waals surface area contributed by atoms with Crippen LogP contribution in [-0.4, -0.2) is 32.1 Å². The molecule has 0 aliphatic carbocycles. The molecule has 8 nitrogen and oxygen atoms in total. The molecule has 26 heavy (non-hydrogen) atoms. The zero-order valence-corrected chi connectivity index (χ0v) is 14.5. The molecule has 2 aromatic carbocycles. The zero-order chi connectivity index (χ0) is 18.8. The summed E-state index contributed by atoms with van der Waals surface area (Å²) in [5.41, 5.74) is 2.55. The first-order valence-corrected chi connectivity index (χ1v) is 7.84. The molecule has 0 aliphatic heterocycles. The van der Waals surface area contributed by atoms with Crippen LogP contribution in [0.5, 0.6) is 0 Å². The first kappa shape index (κ1) is 18.8. The Morgan fingerprint density at radius 1 is 0.962 bits per heavy atom. The van der Waals surface area contributed by atoms with Crippen LogP contribution in [0.3, 0.4) is 0 Å². The van der Waals surface area contributed by atoms with Crippen LogP contribution in [0.2, 0.25) is 0 Å². The summed E-state index contributed by atoms with van der Waals surface area (Å²) in [6, 6.07) is 20.8. The lowest BCUT2D eigenvalue weighted by Crippen LogP contribution is -2.10. The van der Waals surface area contributed by atoms with Gasteiger partial charge in [-0.1, -0.05) is 65.8 Å². The third-order valence-corrected chi connectivity index (χ3v) is 3.00. The predicted octanol–water partition coefficient (Wildman–Crippen LogP) is 2.51. The Labute approximate surface area is 150 Å². The van der Waals surface area contributed by atoms with Gasteiger partial charge in [0, 0.05) is 13.8 Å². The number of hydrogen-bond donors (Lipinski definition) is 1. The SMILES string of the molecule is CC(=O)Nc1nnn(COC(C)=O)n1.c1ccc(-c2ccccc2)cc1. The number of rotatable bonds is 4. The first-order valence-electron chi connectivity index (χ1n) is 7.84. The van der Waals surface area contributed by atoms with Crippen molar-refractivity contribution in [2.24, 2.45) is 0 Å². The molecule has 0 unspecified atom stereocenters. The van der Waals surface area contributed by atoms with E-state index >= 15 is 0 Å². The minimum absolute atomic E-state index is 0.0738. The largest absolute Gasteiger partial charge is 0.441 e. The van der Waals surface area contributed by atoms with Crippen molar-refractivity contribution in [3.05, 3.63) is 60.7 Å². The van der Waals surface area contributed by atoms with Crippen molar-refractivity contribution in [2.75, 3.05) is 5.32 Å². The van der Waals surface area contributed by atoms with Gasteiger partial charge in [-0.15, -0.1) is 9.90 Å². The number of esters is 1. The lowest BCUT2D eigenvalue weighted by molar-refractivity contribution is -0.145. The maximum absolute atomic E-state index is 10.6. The molecule has 1 amide bonds. The minimum atomic E-state index is -0.441. The quantitative estimate of drug-likeness (QED) is 0.724. The third-order valence-electron chi connectivity index (χ3n) is 3.00. The molecule has 3 aromatic rings. The molecule has 0 aliphatic rings. The minimum Gasteiger partial charge on any atom is -0.441 e. The topological polar surface area (TPSA) is 99.0 Å². The summed E-state index contributed by atoms with van der Waals surface area (Å²) in [7, 11) is 0. The van der Waals surface area contributed by atoms with Gasteiger partial charge in [-0.25, -0.2) is 0 Å². The van der Waals surface area contributed by atoms with Crippen molar-refractivity contribution in [3.63, 3.8) is 0 Å². The van der Waals surface area contributed by atoms with Crippen LogP contribution in [-0.2, 0) is 21.1 Å². The van der Waals surface area contributed by atoms with E-state index in [9.17, 15) is 9.59 Å². The molecule has 1 heterocycles. The maximum atomic E-state index is 10.6. The Bertz CT molecular complexity index is 797. The Hall–Kier alpha value is -3.55. The summed E-state index contributed by atoms with van der Waals surface area (Å²) in [4.78, 5) is 22.0. The molecule has 0 spiro atoms. The highest BCUT2D eigenvalue weighted by Crippen LogP contribution is 2.17. The fourth-order valence-corrected chi connectivity index (χ4v) is 1.92. The summed E-state index contributed by atoms with van der Waals surface area (Å²) in [5, 5.41) is 13.1. The number of anilines is 1. The number of ether oxygens (including phenoxy) is 1. The fourth-order valence-electron chi connectivity index (χ4n) is 1.92. The molecule has 0 fully saturated rings. The first-order chi connectivity index (χ1) is 12.5. The molecule has 0 bridgehead atoms. The van der Waals surface area contributed by atoms with Crippen LogP contribution in [0.15, 0.2) is 60.7 Å². The molecule has 0 saturated carbocycles. The van der Waals surface area contributed by atoms with Crippen molar-refractivity contribution in [2.45, 2.75) is 20.6 Å². The number of carbonyl (C=O) groups excluding carboxylic acids is 2. The lowest BCUT2D eigenvalue weighted by Gasteiger charge is -1.98. The highest BCUT2D eigenvalue weighted by atomic mass is 16.5. The van der Waals surface area contributed by atoms with Gasteiger partial charge in [0.2, 0.25) is 12.6 Å². The van der Waals surface area contributed by atoms with Gasteiger partial charge in [-0.2, -0.15) is 0 Å². The van der Waals surface area contributed by atoms with E-state index in [1.807, 2.05) is 12.1 Å². The number of aromatic nitrogens is 4. The molecule has 1 N–H and O–H groups in total. The van der Waals surface area contributed by atoms with E-state index in [-0.39, 0.29) is 18.6 Å². The Balaban J connectivity index is 0.000000189. The van der Waals surface area contributed by atoms with Crippen molar-refractivity contribution >= 4 is 17.8 Å². The van der Waals surface area contributed by atoms with E-state index in [4.69, 9.17) is 0 Å². The molecule has 0 atom stereocenters. The summed E-state index contributed by atoms with van der Waals surface area (Å²) < 4.78 is 4.59. The second-order valence-electron chi connectivity index (χ2n) is 5.16. The van der Waals surface area contributed by atoms with Gasteiger partial charge < -0.3 is 4.74 Å². The Kier molecular flexibility index (Phi) is 6.99. The zero-order valence-electron chi connectivity index (χ0n) is 14.5. The average Bonchev–Trinajstić information content (AvgIpc) is 3.09. The highest BCUT2D eigenvalue weighted by molar-refractivity contribution is 5.86. The highest BCUT2D eigenvalue weighted by Gasteiger charge is 2.04. The van der Waals surface area contributed by atoms with E-state index < -0.39 is 5.97 Å². The van der Waals surface area contributed by atoms with Crippen molar-refractivity contribution in [1.82, 2.24) is 20.2 Å². The predicted molar refractivity (Wildman–Crippen MR) is 95.8 cm³/mol. The van der Waals surface area contributed by atoms with Gasteiger partial charge in [-0.05, 0) is 16.3 Å². The van der Waals surface area contributed by atoms with Crippen LogP contribution in [0.4, 0.5) is 5.95 Å². The number of hydrogen-bond acceptors (Lipinski definition) is 6. The Morgan fingerprint density at radius 3 is 1.96 bits per heavy atom. The summed E-state index contributed by atoms with van der Waals surface area (Å²) in [6.45, 7) is 2.47. The van der Waals surface area contributed by atoms with Gasteiger partial charge >= 0.3 is 5.97 Å². The van der Waals surface area contributed by atoms with E-state index in [0.717, 1.165) is 4.80 Å². The second kappa shape index (κ2) is 9.67. The molecule has 0 saturated heterocycles. The monoisotopic (exact) mass is 353 g/mol. The lowest BCUT2D eigenvalue weighted by atomic mass is 10.1. The fraction of sp³-hybridized carbons (Fsp3) is 0.167. The van der Waals surface area contributed by atoms with Gasteiger partial charge in [0.1, 0.15) is 0 Å². The molecule has 134 valence electrons. The van der Waals surface area contributed by atoms with Gasteiger partial charge in [0.25, 0.3) is 5.95 Å². The maximum Gasteiger partial charge on any atom is 0.304 e. The van der Waals surface area contributed by atoms with Crippen LogP contribution in [0.25, 0.3) is 11.1 Å². The van der Waals surface area contributed by atoms with Crippen molar-refractivity contribution in [1.29, 1.82) is 0 Å². The van der Waals surface area contributed by atoms with Gasteiger partial charge in [0.05, 0.1) is 0 Å². The molecule has 3 rings (SSSR count). The standard InChI is InChI=1S/C12H10.C6H9N5O3/c1-3-7-11(8-4-1)12-9-5-2-6-10-12;1-4(12)7-6-8-10-11(9-6)3-14-5(2)13/h1-10H;3H2,1-2H3,(H,7,9,12). The van der Waals surface area contributed by atoms with Gasteiger partial charge in [-0.3, -0.25) is 14.9 Å². The molecule has 1 aromatic heterocycles. The number of amides is 1. The third kappa shape index (κ3) is 6.52. The van der Waals surface area contributed by atoms with Crippen LogP contribution < -0.4 is 5.32 Å². The normalized spacial score (nSPS) is 9.62.